The third-order valence-electron chi connectivity index (χ3n) is 2.71. The highest BCUT2D eigenvalue weighted by Gasteiger charge is 2.06. The molecule has 0 aliphatic carbocycles. The van der Waals surface area contributed by atoms with Crippen LogP contribution < -0.4 is 10.6 Å². The summed E-state index contributed by atoms with van der Waals surface area (Å²) in [6.45, 7) is 0.497. The second-order valence-corrected chi connectivity index (χ2v) is 5.64. The van der Waals surface area contributed by atoms with Gasteiger partial charge in [0.05, 0.1) is 10.7 Å². The van der Waals surface area contributed by atoms with Crippen LogP contribution in [0, 0.1) is 0 Å². The van der Waals surface area contributed by atoms with Crippen molar-refractivity contribution in [3.63, 3.8) is 0 Å². The highest BCUT2D eigenvalue weighted by molar-refractivity contribution is 6.36. The van der Waals surface area contributed by atoms with Crippen molar-refractivity contribution >= 4 is 52.1 Å². The number of hydrogen-bond donors (Lipinski definition) is 2. The van der Waals surface area contributed by atoms with Crippen molar-refractivity contribution in [2.24, 2.45) is 0 Å². The molecule has 0 heterocycles. The van der Waals surface area contributed by atoms with E-state index in [1.165, 1.54) is 0 Å². The number of amides is 1. The number of nitrogens with one attached hydrogen (secondary N) is 2. The van der Waals surface area contributed by atoms with Crippen molar-refractivity contribution in [3.8, 4) is 0 Å². The Morgan fingerprint density at radius 3 is 2.48 bits per heavy atom. The predicted octanol–water partition coefficient (Wildman–Crippen LogP) is 5.09. The summed E-state index contributed by atoms with van der Waals surface area (Å²) in [4.78, 5) is 11.8. The molecule has 0 aromatic heterocycles. The molecule has 0 saturated carbocycles. The Hall–Kier alpha value is -1.42. The van der Waals surface area contributed by atoms with E-state index < -0.39 is 0 Å². The van der Waals surface area contributed by atoms with E-state index in [9.17, 15) is 4.79 Å². The summed E-state index contributed by atoms with van der Waals surface area (Å²) in [7, 11) is 0. The summed E-state index contributed by atoms with van der Waals surface area (Å²) in [6.07, 6.45) is 0.311. The average Bonchev–Trinajstić information content (AvgIpc) is 2.42. The van der Waals surface area contributed by atoms with Crippen molar-refractivity contribution in [2.45, 2.75) is 6.42 Å². The molecule has 0 bridgehead atoms. The maximum atomic E-state index is 11.8. The minimum Gasteiger partial charge on any atom is -0.384 e. The molecule has 0 aliphatic heterocycles. The molecule has 21 heavy (non-hydrogen) atoms. The highest BCUT2D eigenvalue weighted by atomic mass is 35.5. The monoisotopic (exact) mass is 342 g/mol. The number of halogens is 3. The standard InChI is InChI=1S/C15H13Cl3N2O/c16-10-2-1-3-12(8-10)19-7-6-15(21)20-14-5-4-11(17)9-13(14)18/h1-5,8-9,19H,6-7H2,(H,20,21). The van der Waals surface area contributed by atoms with E-state index in [1.807, 2.05) is 12.1 Å². The van der Waals surface area contributed by atoms with Gasteiger partial charge in [0.15, 0.2) is 0 Å². The van der Waals surface area contributed by atoms with Gasteiger partial charge in [-0.2, -0.15) is 0 Å². The van der Waals surface area contributed by atoms with Crippen molar-refractivity contribution in [2.75, 3.05) is 17.2 Å². The van der Waals surface area contributed by atoms with Gasteiger partial charge >= 0.3 is 0 Å². The number of hydrogen-bond acceptors (Lipinski definition) is 2. The van der Waals surface area contributed by atoms with Crippen LogP contribution in [-0.2, 0) is 4.79 Å². The first-order valence-electron chi connectivity index (χ1n) is 6.29. The fraction of sp³-hybridized carbons (Fsp3) is 0.133. The van der Waals surface area contributed by atoms with Crippen molar-refractivity contribution in [1.29, 1.82) is 0 Å². The summed E-state index contributed by atoms with van der Waals surface area (Å²) in [5, 5.41) is 7.46. The SMILES string of the molecule is O=C(CCNc1cccc(Cl)c1)Nc1ccc(Cl)cc1Cl. The Labute approximate surface area is 138 Å². The minimum atomic E-state index is -0.131. The zero-order chi connectivity index (χ0) is 15.2. The summed E-state index contributed by atoms with van der Waals surface area (Å²) in [5.74, 6) is -0.131. The first-order chi connectivity index (χ1) is 10.0. The lowest BCUT2D eigenvalue weighted by molar-refractivity contribution is -0.115. The zero-order valence-electron chi connectivity index (χ0n) is 11.0. The van der Waals surface area contributed by atoms with Gasteiger partial charge in [-0.05, 0) is 36.4 Å². The van der Waals surface area contributed by atoms with Gasteiger partial charge in [0.25, 0.3) is 0 Å². The Morgan fingerprint density at radius 1 is 1.00 bits per heavy atom. The van der Waals surface area contributed by atoms with E-state index in [1.54, 1.807) is 30.3 Å². The fourth-order valence-electron chi connectivity index (χ4n) is 1.72. The molecule has 1 amide bonds. The Balaban J connectivity index is 1.82. The molecular weight excluding hydrogens is 331 g/mol. The molecule has 2 aromatic carbocycles. The molecule has 2 N–H and O–H groups in total. The third-order valence-corrected chi connectivity index (χ3v) is 3.49. The lowest BCUT2D eigenvalue weighted by atomic mass is 10.3. The van der Waals surface area contributed by atoms with Crippen molar-refractivity contribution in [1.82, 2.24) is 0 Å². The maximum Gasteiger partial charge on any atom is 0.226 e. The van der Waals surface area contributed by atoms with Gasteiger partial charge in [0.1, 0.15) is 0 Å². The molecule has 2 rings (SSSR count). The number of rotatable bonds is 5. The fourth-order valence-corrected chi connectivity index (χ4v) is 2.37. The second kappa shape index (κ2) is 7.55. The van der Waals surface area contributed by atoms with E-state index in [0.29, 0.717) is 33.7 Å². The molecule has 0 atom stereocenters. The second-order valence-electron chi connectivity index (χ2n) is 4.36. The number of benzene rings is 2. The van der Waals surface area contributed by atoms with Crippen LogP contribution in [0.25, 0.3) is 0 Å². The van der Waals surface area contributed by atoms with Crippen LogP contribution in [0.3, 0.4) is 0 Å². The van der Waals surface area contributed by atoms with E-state index in [4.69, 9.17) is 34.8 Å². The summed E-state index contributed by atoms with van der Waals surface area (Å²) >= 11 is 17.7. The molecule has 0 fully saturated rings. The zero-order valence-corrected chi connectivity index (χ0v) is 13.3. The van der Waals surface area contributed by atoms with Crippen molar-refractivity contribution in [3.05, 3.63) is 57.5 Å². The lowest BCUT2D eigenvalue weighted by Crippen LogP contribution is -2.16. The highest BCUT2D eigenvalue weighted by Crippen LogP contribution is 2.25. The Bertz CT molecular complexity index is 647. The molecule has 0 spiro atoms. The number of anilines is 2. The van der Waals surface area contributed by atoms with Crippen LogP contribution in [0.4, 0.5) is 11.4 Å². The topological polar surface area (TPSA) is 41.1 Å². The molecule has 0 radical (unpaired) electrons. The largest absolute Gasteiger partial charge is 0.384 e. The van der Waals surface area contributed by atoms with Crippen LogP contribution in [0.15, 0.2) is 42.5 Å². The van der Waals surface area contributed by atoms with Gasteiger partial charge in [0.2, 0.25) is 5.91 Å². The minimum absolute atomic E-state index is 0.131. The van der Waals surface area contributed by atoms with Crippen LogP contribution in [0.1, 0.15) is 6.42 Å². The van der Waals surface area contributed by atoms with Crippen LogP contribution in [-0.4, -0.2) is 12.5 Å². The van der Waals surface area contributed by atoms with E-state index >= 15 is 0 Å². The molecule has 0 saturated heterocycles. The molecular formula is C15H13Cl3N2O. The third kappa shape index (κ3) is 5.12. The summed E-state index contributed by atoms with van der Waals surface area (Å²) < 4.78 is 0. The first-order valence-corrected chi connectivity index (χ1v) is 7.42. The Morgan fingerprint density at radius 2 is 1.76 bits per heavy atom. The first kappa shape index (κ1) is 16.0. The van der Waals surface area contributed by atoms with E-state index in [0.717, 1.165) is 5.69 Å². The van der Waals surface area contributed by atoms with Crippen molar-refractivity contribution < 1.29 is 4.79 Å². The lowest BCUT2D eigenvalue weighted by Gasteiger charge is -2.09. The predicted molar refractivity (Wildman–Crippen MR) is 89.7 cm³/mol. The van der Waals surface area contributed by atoms with Crippen LogP contribution >= 0.6 is 34.8 Å². The van der Waals surface area contributed by atoms with Gasteiger partial charge in [-0.3, -0.25) is 4.79 Å². The molecule has 0 unspecified atom stereocenters. The molecule has 6 heteroatoms. The van der Waals surface area contributed by atoms with Gasteiger partial charge in [0, 0.05) is 28.7 Å². The molecule has 110 valence electrons. The average molecular weight is 344 g/mol. The van der Waals surface area contributed by atoms with Gasteiger partial charge in [-0.15, -0.1) is 0 Å². The number of carbonyl (C=O) groups is 1. The summed E-state index contributed by atoms with van der Waals surface area (Å²) in [6, 6.07) is 12.3. The molecule has 2 aromatic rings. The van der Waals surface area contributed by atoms with Gasteiger partial charge in [-0.25, -0.2) is 0 Å². The van der Waals surface area contributed by atoms with Crippen LogP contribution in [0.2, 0.25) is 15.1 Å². The Kier molecular flexibility index (Phi) is 5.74. The number of carbonyl (C=O) groups excluding carboxylic acids is 1. The normalized spacial score (nSPS) is 10.2. The van der Waals surface area contributed by atoms with Gasteiger partial charge < -0.3 is 10.6 Å². The molecule has 0 aliphatic rings. The quantitative estimate of drug-likeness (QED) is 0.794. The molecule has 3 nitrogen and oxygen atoms in total. The van der Waals surface area contributed by atoms with E-state index in [-0.39, 0.29) is 5.91 Å². The summed E-state index contributed by atoms with van der Waals surface area (Å²) in [5.41, 5.74) is 1.42. The maximum absolute atomic E-state index is 11.8. The van der Waals surface area contributed by atoms with Crippen LogP contribution in [0.5, 0.6) is 0 Å². The van der Waals surface area contributed by atoms with Gasteiger partial charge in [-0.1, -0.05) is 40.9 Å². The smallest absolute Gasteiger partial charge is 0.226 e. The van der Waals surface area contributed by atoms with E-state index in [2.05, 4.69) is 10.6 Å².